The number of fused-ring (bicyclic) bond motifs is 1. The first-order chi connectivity index (χ1) is 14.0. The standard InChI is InChI=1S/C22H28Cl2N4S/c1-16-4-7-20-21(14-16)29-22(25)28(20)9-3-2-8-26-10-12-27(13-11-26)17-5-6-18(23)19(24)15-17/h4-7,14-15,22H,2-3,8-13,25H2,1H3. The highest BCUT2D eigenvalue weighted by molar-refractivity contribution is 8.00. The number of benzene rings is 2. The predicted octanol–water partition coefficient (Wildman–Crippen LogP) is 5.06. The Morgan fingerprint density at radius 3 is 2.48 bits per heavy atom. The van der Waals surface area contributed by atoms with Gasteiger partial charge in [-0.3, -0.25) is 4.90 Å². The van der Waals surface area contributed by atoms with Crippen molar-refractivity contribution in [2.45, 2.75) is 30.2 Å². The fourth-order valence-electron chi connectivity index (χ4n) is 4.06. The highest BCUT2D eigenvalue weighted by Gasteiger charge is 2.26. The third kappa shape index (κ3) is 4.97. The minimum atomic E-state index is 0.0431. The summed E-state index contributed by atoms with van der Waals surface area (Å²) in [5.41, 5.74) is 10.1. The van der Waals surface area contributed by atoms with Crippen LogP contribution >= 0.6 is 35.0 Å². The van der Waals surface area contributed by atoms with Gasteiger partial charge in [0, 0.05) is 43.3 Å². The molecule has 0 aromatic heterocycles. The molecule has 0 aliphatic carbocycles. The van der Waals surface area contributed by atoms with Crippen LogP contribution < -0.4 is 15.5 Å². The molecule has 1 atom stereocenters. The van der Waals surface area contributed by atoms with Gasteiger partial charge in [-0.1, -0.05) is 41.0 Å². The van der Waals surface area contributed by atoms with Gasteiger partial charge in [0.1, 0.15) is 5.50 Å². The van der Waals surface area contributed by atoms with E-state index < -0.39 is 0 Å². The second-order valence-electron chi connectivity index (χ2n) is 7.81. The van der Waals surface area contributed by atoms with Crippen LogP contribution in [-0.4, -0.2) is 49.7 Å². The zero-order chi connectivity index (χ0) is 20.4. The number of nitrogens with zero attached hydrogens (tertiary/aromatic N) is 3. The van der Waals surface area contributed by atoms with E-state index in [0.717, 1.165) is 51.4 Å². The Bertz CT molecular complexity index is 855. The Morgan fingerprint density at radius 1 is 0.966 bits per heavy atom. The molecule has 0 saturated carbocycles. The lowest BCUT2D eigenvalue weighted by atomic mass is 10.2. The first-order valence-electron chi connectivity index (χ1n) is 10.2. The van der Waals surface area contributed by atoms with Crippen LogP contribution in [0.2, 0.25) is 10.0 Å². The monoisotopic (exact) mass is 450 g/mol. The van der Waals surface area contributed by atoms with Crippen molar-refractivity contribution in [3.05, 3.63) is 52.0 Å². The van der Waals surface area contributed by atoms with Crippen molar-refractivity contribution in [2.75, 3.05) is 49.1 Å². The molecule has 2 aromatic carbocycles. The molecule has 7 heteroatoms. The lowest BCUT2D eigenvalue weighted by molar-refractivity contribution is 0.253. The molecular weight excluding hydrogens is 423 g/mol. The lowest BCUT2D eigenvalue weighted by Crippen LogP contribution is -2.46. The molecule has 2 aliphatic heterocycles. The van der Waals surface area contributed by atoms with E-state index in [9.17, 15) is 0 Å². The van der Waals surface area contributed by atoms with Crippen LogP contribution in [0, 0.1) is 6.92 Å². The molecular formula is C22H28Cl2N4S. The maximum absolute atomic E-state index is 6.35. The second-order valence-corrected chi connectivity index (χ2v) is 9.78. The van der Waals surface area contributed by atoms with Gasteiger partial charge in [0.05, 0.1) is 15.7 Å². The summed E-state index contributed by atoms with van der Waals surface area (Å²) in [5, 5.41) is 1.24. The molecule has 156 valence electrons. The summed E-state index contributed by atoms with van der Waals surface area (Å²) in [6.07, 6.45) is 2.36. The van der Waals surface area contributed by atoms with Gasteiger partial charge in [-0.05, 0) is 62.2 Å². The van der Waals surface area contributed by atoms with Crippen LogP contribution in [0.1, 0.15) is 18.4 Å². The van der Waals surface area contributed by atoms with Gasteiger partial charge in [0.25, 0.3) is 0 Å². The molecule has 2 N–H and O–H groups in total. The molecule has 0 spiro atoms. The zero-order valence-electron chi connectivity index (χ0n) is 16.8. The number of piperazine rings is 1. The average molecular weight is 451 g/mol. The molecule has 1 fully saturated rings. The molecule has 0 radical (unpaired) electrons. The fraction of sp³-hybridized carbons (Fsp3) is 0.455. The minimum Gasteiger partial charge on any atom is -0.369 e. The predicted molar refractivity (Wildman–Crippen MR) is 127 cm³/mol. The normalized spacial score (nSPS) is 19.7. The van der Waals surface area contributed by atoms with E-state index in [2.05, 4.69) is 45.9 Å². The van der Waals surface area contributed by atoms with Gasteiger partial charge < -0.3 is 15.5 Å². The van der Waals surface area contributed by atoms with Gasteiger partial charge >= 0.3 is 0 Å². The van der Waals surface area contributed by atoms with Crippen LogP contribution in [0.25, 0.3) is 0 Å². The Kier molecular flexibility index (Phi) is 6.82. The summed E-state index contributed by atoms with van der Waals surface area (Å²) < 4.78 is 0. The Balaban J connectivity index is 1.20. The Hall–Kier alpha value is -1.11. The Morgan fingerprint density at radius 2 is 1.72 bits per heavy atom. The molecule has 0 bridgehead atoms. The minimum absolute atomic E-state index is 0.0431. The maximum atomic E-state index is 6.35. The van der Waals surface area contributed by atoms with E-state index in [1.807, 2.05) is 12.1 Å². The zero-order valence-corrected chi connectivity index (χ0v) is 19.1. The summed E-state index contributed by atoms with van der Waals surface area (Å²) in [6.45, 7) is 8.52. The Labute approximate surface area is 187 Å². The van der Waals surface area contributed by atoms with Crippen LogP contribution in [0.15, 0.2) is 41.3 Å². The van der Waals surface area contributed by atoms with Gasteiger partial charge in [0.15, 0.2) is 0 Å². The maximum Gasteiger partial charge on any atom is 0.130 e. The van der Waals surface area contributed by atoms with Crippen molar-refractivity contribution in [3.63, 3.8) is 0 Å². The number of hydrogen-bond acceptors (Lipinski definition) is 5. The smallest absolute Gasteiger partial charge is 0.130 e. The molecule has 4 nitrogen and oxygen atoms in total. The van der Waals surface area contributed by atoms with Crippen molar-refractivity contribution in [1.29, 1.82) is 0 Å². The van der Waals surface area contributed by atoms with Crippen molar-refractivity contribution in [2.24, 2.45) is 5.73 Å². The quantitative estimate of drug-likeness (QED) is 0.622. The van der Waals surface area contributed by atoms with E-state index in [1.54, 1.807) is 11.8 Å². The molecule has 29 heavy (non-hydrogen) atoms. The highest BCUT2D eigenvalue weighted by atomic mass is 35.5. The van der Waals surface area contributed by atoms with Crippen LogP contribution in [-0.2, 0) is 0 Å². The summed E-state index contributed by atoms with van der Waals surface area (Å²) in [5.74, 6) is 0. The van der Waals surface area contributed by atoms with Crippen molar-refractivity contribution >= 4 is 46.3 Å². The van der Waals surface area contributed by atoms with Crippen molar-refractivity contribution in [3.8, 4) is 0 Å². The molecule has 0 amide bonds. The number of unbranched alkanes of at least 4 members (excludes halogenated alkanes) is 1. The third-order valence-corrected chi connectivity index (χ3v) is 7.56. The summed E-state index contributed by atoms with van der Waals surface area (Å²) in [4.78, 5) is 8.61. The number of thioether (sulfide) groups is 1. The van der Waals surface area contributed by atoms with Gasteiger partial charge in [-0.15, -0.1) is 0 Å². The number of hydrogen-bond donors (Lipinski definition) is 1. The summed E-state index contributed by atoms with van der Waals surface area (Å²) in [7, 11) is 0. The number of rotatable bonds is 6. The molecule has 1 saturated heterocycles. The second kappa shape index (κ2) is 9.36. The summed E-state index contributed by atoms with van der Waals surface area (Å²) >= 11 is 14.0. The van der Waals surface area contributed by atoms with E-state index >= 15 is 0 Å². The van der Waals surface area contributed by atoms with Crippen LogP contribution in [0.4, 0.5) is 11.4 Å². The number of aryl methyl sites for hydroxylation is 1. The number of halogens is 2. The number of nitrogens with two attached hydrogens (primary N) is 1. The van der Waals surface area contributed by atoms with Gasteiger partial charge in [-0.25, -0.2) is 0 Å². The SMILES string of the molecule is Cc1ccc2c(c1)SC(N)N2CCCCN1CCN(c2ccc(Cl)c(Cl)c2)CC1. The van der Waals surface area contributed by atoms with Crippen molar-refractivity contribution < 1.29 is 0 Å². The van der Waals surface area contributed by atoms with Gasteiger partial charge in [0.2, 0.25) is 0 Å². The summed E-state index contributed by atoms with van der Waals surface area (Å²) in [6, 6.07) is 12.5. The van der Waals surface area contributed by atoms with Crippen molar-refractivity contribution in [1.82, 2.24) is 4.90 Å². The van der Waals surface area contributed by atoms with Crippen LogP contribution in [0.3, 0.4) is 0 Å². The fourth-order valence-corrected chi connectivity index (χ4v) is 5.52. The molecule has 2 aromatic rings. The lowest BCUT2D eigenvalue weighted by Gasteiger charge is -2.36. The molecule has 2 heterocycles. The molecule has 4 rings (SSSR count). The first-order valence-corrected chi connectivity index (χ1v) is 11.9. The topological polar surface area (TPSA) is 35.7 Å². The van der Waals surface area contributed by atoms with Gasteiger partial charge in [-0.2, -0.15) is 0 Å². The molecule has 2 aliphatic rings. The van der Waals surface area contributed by atoms with Crippen LogP contribution in [0.5, 0.6) is 0 Å². The van der Waals surface area contributed by atoms with E-state index in [4.69, 9.17) is 28.9 Å². The van der Waals surface area contributed by atoms with E-state index in [0.29, 0.717) is 10.0 Å². The third-order valence-electron chi connectivity index (χ3n) is 5.74. The average Bonchev–Trinajstić information content (AvgIpc) is 3.02. The molecule has 1 unspecified atom stereocenters. The van der Waals surface area contributed by atoms with E-state index in [1.165, 1.54) is 22.6 Å². The van der Waals surface area contributed by atoms with E-state index in [-0.39, 0.29) is 5.50 Å². The largest absolute Gasteiger partial charge is 0.369 e. The highest BCUT2D eigenvalue weighted by Crippen LogP contribution is 2.41. The first kappa shape index (κ1) is 21.1. The number of anilines is 2.